The zero-order chi connectivity index (χ0) is 13.5. The van der Waals surface area contributed by atoms with E-state index in [0.29, 0.717) is 0 Å². The van der Waals surface area contributed by atoms with Gasteiger partial charge in [0.2, 0.25) is 5.91 Å². The molecule has 0 saturated heterocycles. The van der Waals surface area contributed by atoms with Gasteiger partial charge in [-0.15, -0.1) is 0 Å². The molecule has 0 aromatic heterocycles. The predicted octanol–water partition coefficient (Wildman–Crippen LogP) is 3.28. The first-order valence-corrected chi connectivity index (χ1v) is 7.21. The van der Waals surface area contributed by atoms with Gasteiger partial charge in [-0.2, -0.15) is 5.10 Å². The van der Waals surface area contributed by atoms with E-state index >= 15 is 0 Å². The van der Waals surface area contributed by atoms with Gasteiger partial charge >= 0.3 is 0 Å². The highest BCUT2D eigenvalue weighted by Gasteiger charge is 2.20. The van der Waals surface area contributed by atoms with Crippen LogP contribution >= 0.6 is 0 Å². The molecule has 0 spiro atoms. The van der Waals surface area contributed by atoms with Crippen molar-refractivity contribution in [3.05, 3.63) is 35.4 Å². The molecule has 1 aliphatic rings. The second-order valence-electron chi connectivity index (χ2n) is 5.16. The second kappa shape index (κ2) is 7.07. The number of amides is 1. The number of benzene rings is 1. The summed E-state index contributed by atoms with van der Waals surface area (Å²) < 4.78 is 0. The van der Waals surface area contributed by atoms with E-state index in [-0.39, 0.29) is 11.8 Å². The molecule has 1 aromatic carbocycles. The molecular weight excluding hydrogens is 236 g/mol. The van der Waals surface area contributed by atoms with E-state index < -0.39 is 0 Å². The lowest BCUT2D eigenvalue weighted by atomic mass is 9.89. The highest BCUT2D eigenvalue weighted by molar-refractivity contribution is 5.83. The SMILES string of the molecule is CCc1ccc(/C=N/NC(=O)C2CCCCC2)cc1. The molecule has 3 heteroatoms. The van der Waals surface area contributed by atoms with Crippen LogP contribution in [0.1, 0.15) is 50.2 Å². The number of carbonyl (C=O) groups is 1. The fourth-order valence-corrected chi connectivity index (χ4v) is 2.47. The summed E-state index contributed by atoms with van der Waals surface area (Å²) >= 11 is 0. The number of nitrogens with zero attached hydrogens (tertiary/aromatic N) is 1. The standard InChI is InChI=1S/C16H22N2O/c1-2-13-8-10-14(11-9-13)12-17-18-16(19)15-6-4-3-5-7-15/h8-12,15H,2-7H2,1H3,(H,18,19)/b17-12+. The lowest BCUT2D eigenvalue weighted by Gasteiger charge is -2.19. The van der Waals surface area contributed by atoms with Gasteiger partial charge in [-0.25, -0.2) is 5.43 Å². The van der Waals surface area contributed by atoms with E-state index in [1.807, 2.05) is 12.1 Å². The summed E-state index contributed by atoms with van der Waals surface area (Å²) in [4.78, 5) is 11.9. The van der Waals surface area contributed by atoms with E-state index in [0.717, 1.165) is 24.8 Å². The van der Waals surface area contributed by atoms with Gasteiger partial charge in [-0.05, 0) is 30.4 Å². The summed E-state index contributed by atoms with van der Waals surface area (Å²) in [5.41, 5.74) is 4.98. The molecule has 1 saturated carbocycles. The highest BCUT2D eigenvalue weighted by atomic mass is 16.2. The number of hydrogen-bond acceptors (Lipinski definition) is 2. The lowest BCUT2D eigenvalue weighted by Crippen LogP contribution is -2.28. The third kappa shape index (κ3) is 4.19. The summed E-state index contributed by atoms with van der Waals surface area (Å²) in [5.74, 6) is 0.231. The van der Waals surface area contributed by atoms with E-state index in [4.69, 9.17) is 0 Å². The monoisotopic (exact) mass is 258 g/mol. The normalized spacial score (nSPS) is 16.7. The predicted molar refractivity (Wildman–Crippen MR) is 78.1 cm³/mol. The Morgan fingerprint density at radius 1 is 1.26 bits per heavy atom. The maximum Gasteiger partial charge on any atom is 0.243 e. The molecule has 2 rings (SSSR count). The van der Waals surface area contributed by atoms with Gasteiger partial charge in [-0.1, -0.05) is 50.5 Å². The number of aryl methyl sites for hydroxylation is 1. The minimum Gasteiger partial charge on any atom is -0.273 e. The highest BCUT2D eigenvalue weighted by Crippen LogP contribution is 2.23. The zero-order valence-corrected chi connectivity index (χ0v) is 11.6. The molecule has 1 aliphatic carbocycles. The molecule has 1 aromatic rings. The number of rotatable bonds is 4. The van der Waals surface area contributed by atoms with E-state index in [1.54, 1.807) is 6.21 Å². The van der Waals surface area contributed by atoms with Crippen molar-refractivity contribution in [1.29, 1.82) is 0 Å². The number of hydrazone groups is 1. The Balaban J connectivity index is 1.83. The Morgan fingerprint density at radius 3 is 2.58 bits per heavy atom. The fourth-order valence-electron chi connectivity index (χ4n) is 2.47. The lowest BCUT2D eigenvalue weighted by molar-refractivity contribution is -0.125. The van der Waals surface area contributed by atoms with Gasteiger partial charge in [0.1, 0.15) is 0 Å². The van der Waals surface area contributed by atoms with Gasteiger partial charge in [0.25, 0.3) is 0 Å². The van der Waals surface area contributed by atoms with Gasteiger partial charge in [0, 0.05) is 5.92 Å². The summed E-state index contributed by atoms with van der Waals surface area (Å²) in [6, 6.07) is 8.22. The number of carbonyl (C=O) groups excluding carboxylic acids is 1. The van der Waals surface area contributed by atoms with Crippen LogP contribution in [0.5, 0.6) is 0 Å². The van der Waals surface area contributed by atoms with E-state index in [2.05, 4.69) is 29.6 Å². The Morgan fingerprint density at radius 2 is 1.95 bits per heavy atom. The minimum absolute atomic E-state index is 0.0705. The summed E-state index contributed by atoms with van der Waals surface area (Å²) in [5, 5.41) is 4.05. The van der Waals surface area contributed by atoms with Gasteiger partial charge in [0.05, 0.1) is 6.21 Å². The summed E-state index contributed by atoms with van der Waals surface area (Å²) in [6.07, 6.45) is 8.35. The van der Waals surface area contributed by atoms with Crippen LogP contribution in [0, 0.1) is 5.92 Å². The molecule has 1 amide bonds. The van der Waals surface area contributed by atoms with Crippen LogP contribution in [0.4, 0.5) is 0 Å². The van der Waals surface area contributed by atoms with Crippen molar-refractivity contribution in [1.82, 2.24) is 5.43 Å². The smallest absolute Gasteiger partial charge is 0.243 e. The Hall–Kier alpha value is -1.64. The molecule has 0 radical (unpaired) electrons. The van der Waals surface area contributed by atoms with Crippen LogP contribution in [0.2, 0.25) is 0 Å². The van der Waals surface area contributed by atoms with Crippen molar-refractivity contribution in [3.8, 4) is 0 Å². The second-order valence-corrected chi connectivity index (χ2v) is 5.16. The van der Waals surface area contributed by atoms with Crippen molar-refractivity contribution < 1.29 is 4.79 Å². The Kier molecular flexibility index (Phi) is 5.13. The van der Waals surface area contributed by atoms with Crippen molar-refractivity contribution in [2.75, 3.05) is 0 Å². The average molecular weight is 258 g/mol. The third-order valence-corrected chi connectivity index (χ3v) is 3.75. The van der Waals surface area contributed by atoms with Gasteiger partial charge < -0.3 is 0 Å². The Bertz CT molecular complexity index is 431. The number of hydrogen-bond donors (Lipinski definition) is 1. The first-order valence-electron chi connectivity index (χ1n) is 7.21. The van der Waals surface area contributed by atoms with Crippen LogP contribution in [0.15, 0.2) is 29.4 Å². The van der Waals surface area contributed by atoms with Crippen LogP contribution in [-0.2, 0) is 11.2 Å². The average Bonchev–Trinajstić information content (AvgIpc) is 2.49. The van der Waals surface area contributed by atoms with Crippen molar-refractivity contribution in [3.63, 3.8) is 0 Å². The molecule has 0 atom stereocenters. The molecule has 3 nitrogen and oxygen atoms in total. The third-order valence-electron chi connectivity index (χ3n) is 3.75. The van der Waals surface area contributed by atoms with Crippen molar-refractivity contribution >= 4 is 12.1 Å². The molecule has 0 unspecified atom stereocenters. The maximum absolute atomic E-state index is 11.9. The summed E-state index contributed by atoms with van der Waals surface area (Å²) in [6.45, 7) is 2.13. The number of nitrogens with one attached hydrogen (secondary N) is 1. The molecule has 1 N–H and O–H groups in total. The topological polar surface area (TPSA) is 41.5 Å². The van der Waals surface area contributed by atoms with Crippen LogP contribution in [-0.4, -0.2) is 12.1 Å². The van der Waals surface area contributed by atoms with Crippen LogP contribution in [0.3, 0.4) is 0 Å². The van der Waals surface area contributed by atoms with Crippen LogP contribution in [0.25, 0.3) is 0 Å². The molecule has 19 heavy (non-hydrogen) atoms. The molecule has 1 fully saturated rings. The van der Waals surface area contributed by atoms with Gasteiger partial charge in [-0.3, -0.25) is 4.79 Å². The first kappa shape index (κ1) is 13.8. The fraction of sp³-hybridized carbons (Fsp3) is 0.500. The van der Waals surface area contributed by atoms with Crippen LogP contribution < -0.4 is 5.43 Å². The molecule has 0 aliphatic heterocycles. The largest absolute Gasteiger partial charge is 0.273 e. The van der Waals surface area contributed by atoms with E-state index in [1.165, 1.54) is 24.8 Å². The Labute approximate surface area is 115 Å². The minimum atomic E-state index is 0.0705. The quantitative estimate of drug-likeness (QED) is 0.653. The molecule has 0 bridgehead atoms. The van der Waals surface area contributed by atoms with Crippen molar-refractivity contribution in [2.45, 2.75) is 45.4 Å². The van der Waals surface area contributed by atoms with Gasteiger partial charge in [0.15, 0.2) is 0 Å². The summed E-state index contributed by atoms with van der Waals surface area (Å²) in [7, 11) is 0. The molecule has 102 valence electrons. The first-order chi connectivity index (χ1) is 9.29. The van der Waals surface area contributed by atoms with Crippen molar-refractivity contribution in [2.24, 2.45) is 11.0 Å². The molecule has 0 heterocycles. The molecular formula is C16H22N2O. The zero-order valence-electron chi connectivity index (χ0n) is 11.6. The van der Waals surface area contributed by atoms with E-state index in [9.17, 15) is 4.79 Å². The maximum atomic E-state index is 11.9.